The molecule has 7 heteroatoms. The molecular formula is C21H27N3O4. The standard InChI is InChI=1S/C21H27N3O4/c1-3-28-19-10-5-9-18(14-19)24-20(25)15-23-17-8-4-7-16(13-17)21(26)22-11-6-12-27-2/h4-5,7-10,13-14,23H,3,6,11-12,15H2,1-2H3,(H,22,26)(H,24,25). The monoisotopic (exact) mass is 385 g/mol. The van der Waals surface area contributed by atoms with Crippen molar-refractivity contribution in [2.24, 2.45) is 0 Å². The molecule has 0 aliphatic heterocycles. The van der Waals surface area contributed by atoms with Crippen LogP contribution in [0.3, 0.4) is 0 Å². The van der Waals surface area contributed by atoms with Crippen LogP contribution in [0.25, 0.3) is 0 Å². The first-order valence-corrected chi connectivity index (χ1v) is 9.26. The molecule has 3 N–H and O–H groups in total. The number of anilines is 2. The normalized spacial score (nSPS) is 10.2. The van der Waals surface area contributed by atoms with Crippen LogP contribution in [-0.2, 0) is 9.53 Å². The number of hydrogen-bond acceptors (Lipinski definition) is 5. The second kappa shape index (κ2) is 11.6. The molecule has 0 saturated heterocycles. The van der Waals surface area contributed by atoms with Crippen LogP contribution < -0.4 is 20.7 Å². The SMILES string of the molecule is CCOc1cccc(NC(=O)CNc2cccc(C(=O)NCCCOC)c2)c1. The van der Waals surface area contributed by atoms with E-state index in [9.17, 15) is 9.59 Å². The fourth-order valence-corrected chi connectivity index (χ4v) is 2.51. The second-order valence-electron chi connectivity index (χ2n) is 6.05. The van der Waals surface area contributed by atoms with Gasteiger partial charge in [-0.25, -0.2) is 0 Å². The summed E-state index contributed by atoms with van der Waals surface area (Å²) in [4.78, 5) is 24.3. The van der Waals surface area contributed by atoms with Crippen molar-refractivity contribution in [1.29, 1.82) is 0 Å². The van der Waals surface area contributed by atoms with Crippen molar-refractivity contribution in [3.63, 3.8) is 0 Å². The molecule has 0 unspecified atom stereocenters. The molecular weight excluding hydrogens is 358 g/mol. The first-order chi connectivity index (χ1) is 13.6. The molecule has 0 spiro atoms. The van der Waals surface area contributed by atoms with Crippen LogP contribution in [0.1, 0.15) is 23.7 Å². The zero-order valence-electron chi connectivity index (χ0n) is 16.3. The Hall–Kier alpha value is -3.06. The fraction of sp³-hybridized carbons (Fsp3) is 0.333. The predicted octanol–water partition coefficient (Wildman–Crippen LogP) is 2.90. The lowest BCUT2D eigenvalue weighted by molar-refractivity contribution is -0.114. The summed E-state index contributed by atoms with van der Waals surface area (Å²) in [7, 11) is 1.63. The van der Waals surface area contributed by atoms with Crippen molar-refractivity contribution in [3.05, 3.63) is 54.1 Å². The van der Waals surface area contributed by atoms with Gasteiger partial charge in [0.15, 0.2) is 0 Å². The van der Waals surface area contributed by atoms with Gasteiger partial charge in [0, 0.05) is 43.3 Å². The van der Waals surface area contributed by atoms with Crippen LogP contribution in [-0.4, -0.2) is 45.2 Å². The van der Waals surface area contributed by atoms with Crippen molar-refractivity contribution in [3.8, 4) is 5.75 Å². The molecule has 0 bridgehead atoms. The second-order valence-corrected chi connectivity index (χ2v) is 6.05. The van der Waals surface area contributed by atoms with Gasteiger partial charge in [-0.1, -0.05) is 12.1 Å². The van der Waals surface area contributed by atoms with E-state index in [1.807, 2.05) is 25.1 Å². The number of benzene rings is 2. The van der Waals surface area contributed by atoms with Crippen LogP contribution in [0.4, 0.5) is 11.4 Å². The molecule has 0 radical (unpaired) electrons. The number of amides is 2. The summed E-state index contributed by atoms with van der Waals surface area (Å²) in [5.41, 5.74) is 1.90. The topological polar surface area (TPSA) is 88.7 Å². The fourth-order valence-electron chi connectivity index (χ4n) is 2.51. The Bertz CT molecular complexity index is 780. The highest BCUT2D eigenvalue weighted by Gasteiger charge is 2.07. The van der Waals surface area contributed by atoms with E-state index in [1.54, 1.807) is 37.4 Å². The smallest absolute Gasteiger partial charge is 0.251 e. The van der Waals surface area contributed by atoms with Crippen LogP contribution in [0.15, 0.2) is 48.5 Å². The van der Waals surface area contributed by atoms with Gasteiger partial charge in [-0.15, -0.1) is 0 Å². The van der Waals surface area contributed by atoms with Gasteiger partial charge in [-0.05, 0) is 43.7 Å². The Morgan fingerprint density at radius 3 is 2.61 bits per heavy atom. The number of methoxy groups -OCH3 is 1. The van der Waals surface area contributed by atoms with E-state index in [0.717, 1.165) is 6.42 Å². The molecule has 2 amide bonds. The number of carbonyl (C=O) groups is 2. The van der Waals surface area contributed by atoms with Crippen molar-refractivity contribution in [2.75, 3.05) is 44.0 Å². The summed E-state index contributed by atoms with van der Waals surface area (Å²) >= 11 is 0. The minimum atomic E-state index is -0.192. The number of carbonyl (C=O) groups excluding carboxylic acids is 2. The van der Waals surface area contributed by atoms with E-state index >= 15 is 0 Å². The van der Waals surface area contributed by atoms with E-state index < -0.39 is 0 Å². The average Bonchev–Trinajstić information content (AvgIpc) is 2.70. The van der Waals surface area contributed by atoms with E-state index in [-0.39, 0.29) is 18.4 Å². The molecule has 7 nitrogen and oxygen atoms in total. The highest BCUT2D eigenvalue weighted by Crippen LogP contribution is 2.17. The van der Waals surface area contributed by atoms with Crippen LogP contribution in [0.5, 0.6) is 5.75 Å². The maximum Gasteiger partial charge on any atom is 0.251 e. The summed E-state index contributed by atoms with van der Waals surface area (Å²) in [5.74, 6) is 0.359. The molecule has 0 saturated carbocycles. The van der Waals surface area contributed by atoms with E-state index in [1.165, 1.54) is 0 Å². The lowest BCUT2D eigenvalue weighted by Gasteiger charge is -2.10. The lowest BCUT2D eigenvalue weighted by atomic mass is 10.2. The Labute approximate surface area is 165 Å². The maximum absolute atomic E-state index is 12.2. The van der Waals surface area contributed by atoms with Crippen LogP contribution in [0, 0.1) is 0 Å². The zero-order chi connectivity index (χ0) is 20.2. The summed E-state index contributed by atoms with van der Waals surface area (Å²) in [6, 6.07) is 14.3. The van der Waals surface area contributed by atoms with E-state index in [2.05, 4.69) is 16.0 Å². The molecule has 2 rings (SSSR count). The number of rotatable bonds is 11. The first-order valence-electron chi connectivity index (χ1n) is 9.26. The first kappa shape index (κ1) is 21.2. The van der Waals surface area contributed by atoms with Gasteiger partial charge < -0.3 is 25.4 Å². The highest BCUT2D eigenvalue weighted by molar-refractivity contribution is 5.96. The summed E-state index contributed by atoms with van der Waals surface area (Å²) in [6.45, 7) is 3.70. The maximum atomic E-state index is 12.2. The quantitative estimate of drug-likeness (QED) is 0.518. The lowest BCUT2D eigenvalue weighted by Crippen LogP contribution is -2.25. The minimum absolute atomic E-state index is 0.0811. The molecule has 0 atom stereocenters. The summed E-state index contributed by atoms with van der Waals surface area (Å²) in [5, 5.41) is 8.68. The Morgan fingerprint density at radius 2 is 1.82 bits per heavy atom. The molecule has 150 valence electrons. The molecule has 0 fully saturated rings. The predicted molar refractivity (Wildman–Crippen MR) is 110 cm³/mol. The van der Waals surface area contributed by atoms with Gasteiger partial charge in [0.05, 0.1) is 13.2 Å². The van der Waals surface area contributed by atoms with E-state index in [4.69, 9.17) is 9.47 Å². The van der Waals surface area contributed by atoms with Crippen LogP contribution in [0.2, 0.25) is 0 Å². The van der Waals surface area contributed by atoms with Crippen LogP contribution >= 0.6 is 0 Å². The van der Waals surface area contributed by atoms with Gasteiger partial charge in [-0.2, -0.15) is 0 Å². The Balaban J connectivity index is 1.84. The Kier molecular flexibility index (Phi) is 8.81. The third-order valence-electron chi connectivity index (χ3n) is 3.82. The van der Waals surface area contributed by atoms with Crippen molar-refractivity contribution < 1.29 is 19.1 Å². The van der Waals surface area contributed by atoms with Crippen molar-refractivity contribution in [1.82, 2.24) is 5.32 Å². The average molecular weight is 385 g/mol. The minimum Gasteiger partial charge on any atom is -0.494 e. The molecule has 2 aromatic rings. The summed E-state index contributed by atoms with van der Waals surface area (Å²) in [6.07, 6.45) is 0.755. The zero-order valence-corrected chi connectivity index (χ0v) is 16.3. The van der Waals surface area contributed by atoms with Crippen molar-refractivity contribution >= 4 is 23.2 Å². The van der Waals surface area contributed by atoms with Gasteiger partial charge >= 0.3 is 0 Å². The van der Waals surface area contributed by atoms with Gasteiger partial charge in [0.1, 0.15) is 5.75 Å². The highest BCUT2D eigenvalue weighted by atomic mass is 16.5. The largest absolute Gasteiger partial charge is 0.494 e. The Morgan fingerprint density at radius 1 is 1.04 bits per heavy atom. The van der Waals surface area contributed by atoms with Gasteiger partial charge in [0.25, 0.3) is 5.91 Å². The number of hydrogen-bond donors (Lipinski definition) is 3. The number of ether oxygens (including phenoxy) is 2. The van der Waals surface area contributed by atoms with Crippen molar-refractivity contribution in [2.45, 2.75) is 13.3 Å². The number of nitrogens with one attached hydrogen (secondary N) is 3. The molecule has 0 aromatic heterocycles. The molecule has 0 aliphatic carbocycles. The molecule has 2 aromatic carbocycles. The third-order valence-corrected chi connectivity index (χ3v) is 3.82. The van der Waals surface area contributed by atoms with E-state index in [0.29, 0.717) is 42.4 Å². The summed E-state index contributed by atoms with van der Waals surface area (Å²) < 4.78 is 10.4. The molecule has 0 aliphatic rings. The van der Waals surface area contributed by atoms with Gasteiger partial charge in [-0.3, -0.25) is 9.59 Å². The molecule has 28 heavy (non-hydrogen) atoms. The van der Waals surface area contributed by atoms with Gasteiger partial charge in [0.2, 0.25) is 5.91 Å². The molecule has 0 heterocycles. The third kappa shape index (κ3) is 7.28.